The lowest BCUT2D eigenvalue weighted by atomic mass is 9.85. The van der Waals surface area contributed by atoms with Crippen molar-refractivity contribution in [2.45, 2.75) is 37.7 Å². The lowest BCUT2D eigenvalue weighted by molar-refractivity contribution is -0.168. The zero-order valence-electron chi connectivity index (χ0n) is 12.5. The summed E-state index contributed by atoms with van der Waals surface area (Å²) in [7, 11) is 3.65. The number of likely N-dealkylation sites (N-methyl/N-ethyl adjacent to an activating group) is 1. The third-order valence-corrected chi connectivity index (χ3v) is 3.87. The standard InChI is InChI=1S/C16H25NO3/c1-12(13-7-5-4-6-8-13)20-15-11-14(17-2)16(15)19-10-9-18-3/h4-8,12,14-17H,9-11H2,1-3H3. The minimum absolute atomic E-state index is 0.0903. The van der Waals surface area contributed by atoms with Crippen LogP contribution in [0.15, 0.2) is 30.3 Å². The van der Waals surface area contributed by atoms with Crippen LogP contribution in [0.5, 0.6) is 0 Å². The summed E-state index contributed by atoms with van der Waals surface area (Å²) in [4.78, 5) is 0. The third-order valence-electron chi connectivity index (χ3n) is 3.87. The van der Waals surface area contributed by atoms with Crippen LogP contribution in [0.1, 0.15) is 25.0 Å². The Morgan fingerprint density at radius 1 is 1.25 bits per heavy atom. The molecule has 0 saturated heterocycles. The molecule has 1 N–H and O–H groups in total. The van der Waals surface area contributed by atoms with Crippen molar-refractivity contribution >= 4 is 0 Å². The van der Waals surface area contributed by atoms with Crippen molar-refractivity contribution in [2.24, 2.45) is 0 Å². The molecule has 4 nitrogen and oxygen atoms in total. The maximum atomic E-state index is 6.14. The van der Waals surface area contributed by atoms with Crippen molar-refractivity contribution in [3.63, 3.8) is 0 Å². The molecule has 4 atom stereocenters. The molecule has 112 valence electrons. The Morgan fingerprint density at radius 3 is 2.65 bits per heavy atom. The first kappa shape index (κ1) is 15.4. The maximum Gasteiger partial charge on any atom is 0.0992 e. The van der Waals surface area contributed by atoms with Gasteiger partial charge in [-0.2, -0.15) is 0 Å². The average Bonchev–Trinajstić information content (AvgIpc) is 2.48. The van der Waals surface area contributed by atoms with Crippen LogP contribution in [0, 0.1) is 0 Å². The second kappa shape index (κ2) is 7.74. The van der Waals surface area contributed by atoms with E-state index in [9.17, 15) is 0 Å². The van der Waals surface area contributed by atoms with Crippen LogP contribution in [0.25, 0.3) is 0 Å². The number of hydrogen-bond acceptors (Lipinski definition) is 4. The van der Waals surface area contributed by atoms with Crippen molar-refractivity contribution in [2.75, 3.05) is 27.4 Å². The molecular weight excluding hydrogens is 254 g/mol. The fourth-order valence-electron chi connectivity index (χ4n) is 2.55. The number of methoxy groups -OCH3 is 1. The first-order chi connectivity index (χ1) is 9.76. The van der Waals surface area contributed by atoms with Gasteiger partial charge in [-0.1, -0.05) is 30.3 Å². The Kier molecular flexibility index (Phi) is 5.98. The average molecular weight is 279 g/mol. The van der Waals surface area contributed by atoms with Gasteiger partial charge in [0.2, 0.25) is 0 Å². The van der Waals surface area contributed by atoms with Gasteiger partial charge in [-0.3, -0.25) is 0 Å². The van der Waals surface area contributed by atoms with Gasteiger partial charge in [-0.25, -0.2) is 0 Å². The molecule has 1 aliphatic carbocycles. The summed E-state index contributed by atoms with van der Waals surface area (Å²) >= 11 is 0. The lowest BCUT2D eigenvalue weighted by Gasteiger charge is -2.44. The van der Waals surface area contributed by atoms with Crippen LogP contribution in [0.3, 0.4) is 0 Å². The number of rotatable bonds is 8. The van der Waals surface area contributed by atoms with E-state index in [2.05, 4.69) is 24.4 Å². The zero-order chi connectivity index (χ0) is 14.4. The molecule has 0 bridgehead atoms. The van der Waals surface area contributed by atoms with Crippen molar-refractivity contribution in [1.82, 2.24) is 5.32 Å². The van der Waals surface area contributed by atoms with E-state index in [1.165, 1.54) is 5.56 Å². The predicted octanol–water partition coefficient (Wildman–Crippen LogP) is 2.16. The molecule has 1 aromatic carbocycles. The summed E-state index contributed by atoms with van der Waals surface area (Å²) in [6.07, 6.45) is 1.35. The summed E-state index contributed by atoms with van der Waals surface area (Å²) < 4.78 is 17.0. The fraction of sp³-hybridized carbons (Fsp3) is 0.625. The highest BCUT2D eigenvalue weighted by molar-refractivity contribution is 5.17. The monoisotopic (exact) mass is 279 g/mol. The Morgan fingerprint density at radius 2 is 2.00 bits per heavy atom. The van der Waals surface area contributed by atoms with Gasteiger partial charge in [0.1, 0.15) is 0 Å². The lowest BCUT2D eigenvalue weighted by Crippen LogP contribution is -2.59. The van der Waals surface area contributed by atoms with Crippen molar-refractivity contribution in [3.8, 4) is 0 Å². The van der Waals surface area contributed by atoms with Gasteiger partial charge in [0, 0.05) is 13.2 Å². The highest BCUT2D eigenvalue weighted by Crippen LogP contribution is 2.31. The molecule has 0 amide bonds. The topological polar surface area (TPSA) is 39.7 Å². The van der Waals surface area contributed by atoms with Gasteiger partial charge in [0.15, 0.2) is 0 Å². The minimum Gasteiger partial charge on any atom is -0.382 e. The Balaban J connectivity index is 1.85. The summed E-state index contributed by atoms with van der Waals surface area (Å²) in [5.41, 5.74) is 1.20. The van der Waals surface area contributed by atoms with Crippen LogP contribution in [-0.4, -0.2) is 45.6 Å². The van der Waals surface area contributed by atoms with Gasteiger partial charge in [0.05, 0.1) is 31.5 Å². The van der Waals surface area contributed by atoms with Crippen LogP contribution < -0.4 is 5.32 Å². The first-order valence-corrected chi connectivity index (χ1v) is 7.24. The van der Waals surface area contributed by atoms with E-state index in [1.54, 1.807) is 7.11 Å². The number of nitrogens with one attached hydrogen (secondary N) is 1. The van der Waals surface area contributed by atoms with E-state index in [0.717, 1.165) is 6.42 Å². The smallest absolute Gasteiger partial charge is 0.0992 e. The highest BCUT2D eigenvalue weighted by Gasteiger charge is 2.42. The van der Waals surface area contributed by atoms with Gasteiger partial charge >= 0.3 is 0 Å². The predicted molar refractivity (Wildman–Crippen MR) is 78.8 cm³/mol. The molecule has 1 aromatic rings. The molecule has 1 fully saturated rings. The number of hydrogen-bond donors (Lipinski definition) is 1. The summed E-state index contributed by atoms with van der Waals surface area (Å²) in [6.45, 7) is 3.32. The molecule has 0 radical (unpaired) electrons. The maximum absolute atomic E-state index is 6.14. The third kappa shape index (κ3) is 3.79. The molecule has 0 aliphatic heterocycles. The molecule has 0 spiro atoms. The molecule has 1 saturated carbocycles. The molecule has 0 aromatic heterocycles. The highest BCUT2D eigenvalue weighted by atomic mass is 16.6. The van der Waals surface area contributed by atoms with Gasteiger partial charge in [-0.05, 0) is 26.0 Å². The van der Waals surface area contributed by atoms with Gasteiger partial charge in [-0.15, -0.1) is 0 Å². The van der Waals surface area contributed by atoms with E-state index in [4.69, 9.17) is 14.2 Å². The van der Waals surface area contributed by atoms with Crippen LogP contribution in [0.2, 0.25) is 0 Å². The summed E-state index contributed by atoms with van der Waals surface area (Å²) in [6, 6.07) is 10.7. The van der Waals surface area contributed by atoms with Crippen molar-refractivity contribution < 1.29 is 14.2 Å². The number of ether oxygens (including phenoxy) is 3. The normalized spacial score (nSPS) is 27.1. The van der Waals surface area contributed by atoms with Crippen LogP contribution in [0.4, 0.5) is 0 Å². The van der Waals surface area contributed by atoms with E-state index in [1.807, 2.05) is 25.2 Å². The van der Waals surface area contributed by atoms with Crippen molar-refractivity contribution in [1.29, 1.82) is 0 Å². The Bertz CT molecular complexity index is 385. The zero-order valence-corrected chi connectivity index (χ0v) is 12.5. The van der Waals surface area contributed by atoms with Gasteiger partial charge in [0.25, 0.3) is 0 Å². The van der Waals surface area contributed by atoms with Gasteiger partial charge < -0.3 is 19.5 Å². The molecule has 4 unspecified atom stereocenters. The first-order valence-electron chi connectivity index (χ1n) is 7.24. The molecular formula is C16H25NO3. The Hall–Kier alpha value is -0.940. The fourth-order valence-corrected chi connectivity index (χ4v) is 2.55. The molecule has 0 heterocycles. The quantitative estimate of drug-likeness (QED) is 0.740. The molecule has 1 aliphatic rings. The van der Waals surface area contributed by atoms with Crippen molar-refractivity contribution in [3.05, 3.63) is 35.9 Å². The largest absolute Gasteiger partial charge is 0.382 e. The summed E-state index contributed by atoms with van der Waals surface area (Å²) in [5.74, 6) is 0. The van der Waals surface area contributed by atoms with E-state index < -0.39 is 0 Å². The second-order valence-electron chi connectivity index (χ2n) is 5.19. The molecule has 20 heavy (non-hydrogen) atoms. The molecule has 2 rings (SSSR count). The van der Waals surface area contributed by atoms with Crippen LogP contribution >= 0.6 is 0 Å². The summed E-state index contributed by atoms with van der Waals surface area (Å²) in [5, 5.41) is 3.28. The SMILES string of the molecule is CNC1CC(OC(C)c2ccccc2)C1OCCOC. The van der Waals surface area contributed by atoms with E-state index in [-0.39, 0.29) is 18.3 Å². The number of benzene rings is 1. The molecule has 4 heteroatoms. The minimum atomic E-state index is 0.0903. The van der Waals surface area contributed by atoms with E-state index in [0.29, 0.717) is 19.3 Å². The Labute approximate surface area is 121 Å². The second-order valence-corrected chi connectivity index (χ2v) is 5.19. The van der Waals surface area contributed by atoms with E-state index >= 15 is 0 Å². The van der Waals surface area contributed by atoms with Crippen LogP contribution in [-0.2, 0) is 14.2 Å².